The van der Waals surface area contributed by atoms with Crippen molar-refractivity contribution in [3.8, 4) is 0 Å². The van der Waals surface area contributed by atoms with Crippen molar-refractivity contribution in [3.63, 3.8) is 0 Å². The number of amides is 3. The Kier molecular flexibility index (Phi) is 12.8. The third kappa shape index (κ3) is 10.3. The van der Waals surface area contributed by atoms with E-state index in [-0.39, 0.29) is 61.0 Å². The third-order valence-electron chi connectivity index (χ3n) is 9.28. The molecular formula is C33H51N3O9Si. The molecule has 3 rings (SSSR count). The maximum Gasteiger partial charge on any atom is 0.407 e. The topological polar surface area (TPSA) is 158 Å². The van der Waals surface area contributed by atoms with Crippen LogP contribution in [0.25, 0.3) is 0 Å². The quantitative estimate of drug-likeness (QED) is 0.104. The summed E-state index contributed by atoms with van der Waals surface area (Å²) in [7, 11) is -1.99. The van der Waals surface area contributed by atoms with Gasteiger partial charge >= 0.3 is 18.0 Å². The molecule has 0 radical (unpaired) electrons. The van der Waals surface area contributed by atoms with Crippen LogP contribution in [0.15, 0.2) is 30.3 Å². The van der Waals surface area contributed by atoms with Crippen molar-refractivity contribution in [1.29, 1.82) is 0 Å². The average Bonchev–Trinajstić information content (AvgIpc) is 3.72. The van der Waals surface area contributed by atoms with E-state index < -0.39 is 50.4 Å². The normalized spacial score (nSPS) is 22.7. The summed E-state index contributed by atoms with van der Waals surface area (Å²) in [4.78, 5) is 63.3. The van der Waals surface area contributed by atoms with E-state index in [0.29, 0.717) is 6.42 Å². The molecule has 1 aliphatic heterocycles. The van der Waals surface area contributed by atoms with Crippen molar-refractivity contribution in [1.82, 2.24) is 16.0 Å². The third-order valence-corrected chi connectivity index (χ3v) is 13.8. The predicted octanol–water partition coefficient (Wildman–Crippen LogP) is 3.83. The van der Waals surface area contributed by atoms with Gasteiger partial charge in [0.1, 0.15) is 31.2 Å². The van der Waals surface area contributed by atoms with Gasteiger partial charge in [0.2, 0.25) is 5.91 Å². The molecule has 0 bridgehead atoms. The van der Waals surface area contributed by atoms with Crippen LogP contribution in [0.4, 0.5) is 4.79 Å². The molecule has 12 nitrogen and oxygen atoms in total. The molecule has 1 saturated heterocycles. The molecule has 7 atom stereocenters. The highest BCUT2D eigenvalue weighted by Gasteiger charge is 2.51. The minimum Gasteiger partial charge on any atom is -0.459 e. The van der Waals surface area contributed by atoms with E-state index in [2.05, 4.69) is 49.8 Å². The number of nitrogens with one attached hydrogen (secondary N) is 3. The molecule has 1 saturated carbocycles. The molecule has 2 aliphatic rings. The molecule has 0 aromatic heterocycles. The van der Waals surface area contributed by atoms with Crippen LogP contribution in [0.5, 0.6) is 0 Å². The van der Waals surface area contributed by atoms with Crippen LogP contribution < -0.4 is 16.0 Å². The van der Waals surface area contributed by atoms with E-state index >= 15 is 0 Å². The number of ether oxygens (including phenoxy) is 3. The Balaban J connectivity index is 1.53. The summed E-state index contributed by atoms with van der Waals surface area (Å²) in [6.45, 7) is 16.2. The summed E-state index contributed by atoms with van der Waals surface area (Å²) < 4.78 is 21.9. The fourth-order valence-corrected chi connectivity index (χ4v) is 5.88. The number of carbonyl (C=O) groups is 5. The smallest absolute Gasteiger partial charge is 0.407 e. The molecule has 1 heterocycles. The number of esters is 2. The molecule has 7 unspecified atom stereocenters. The lowest BCUT2D eigenvalue weighted by atomic mass is 9.83. The largest absolute Gasteiger partial charge is 0.459 e. The van der Waals surface area contributed by atoms with Gasteiger partial charge in [-0.05, 0) is 55.3 Å². The second-order valence-corrected chi connectivity index (χ2v) is 18.7. The lowest BCUT2D eigenvalue weighted by molar-refractivity contribution is -0.193. The predicted molar refractivity (Wildman–Crippen MR) is 173 cm³/mol. The molecule has 2 fully saturated rings. The molecule has 0 spiro atoms. The molecule has 13 heteroatoms. The molecule has 46 heavy (non-hydrogen) atoms. The number of cyclic esters (lactones) is 1. The zero-order chi connectivity index (χ0) is 34.2. The first-order valence-electron chi connectivity index (χ1n) is 16.1. The minimum atomic E-state index is -1.99. The number of rotatable bonds is 16. The van der Waals surface area contributed by atoms with Gasteiger partial charge in [0, 0.05) is 6.04 Å². The zero-order valence-corrected chi connectivity index (χ0v) is 29.3. The van der Waals surface area contributed by atoms with Gasteiger partial charge in [0.05, 0.1) is 6.61 Å². The van der Waals surface area contributed by atoms with Crippen molar-refractivity contribution in [2.24, 2.45) is 17.8 Å². The summed E-state index contributed by atoms with van der Waals surface area (Å²) in [5.41, 5.74) is 0.790. The van der Waals surface area contributed by atoms with Gasteiger partial charge in [-0.2, -0.15) is 0 Å². The summed E-state index contributed by atoms with van der Waals surface area (Å²) in [5.74, 6) is -2.48. The van der Waals surface area contributed by atoms with Gasteiger partial charge < -0.3 is 34.6 Å². The van der Waals surface area contributed by atoms with Crippen molar-refractivity contribution in [3.05, 3.63) is 35.9 Å². The number of carbonyl (C=O) groups excluding carboxylic acids is 5. The van der Waals surface area contributed by atoms with Crippen LogP contribution in [0.1, 0.15) is 66.4 Å². The van der Waals surface area contributed by atoms with E-state index in [9.17, 15) is 24.0 Å². The summed E-state index contributed by atoms with van der Waals surface area (Å²) in [5, 5.41) is 8.14. The maximum atomic E-state index is 13.2. The lowest BCUT2D eigenvalue weighted by Gasteiger charge is -2.37. The van der Waals surface area contributed by atoms with Crippen LogP contribution >= 0.6 is 0 Å². The van der Waals surface area contributed by atoms with Gasteiger partial charge in [-0.15, -0.1) is 0 Å². The number of alkyl carbamates (subject to hydrolysis) is 1. The molecule has 1 aromatic carbocycles. The van der Waals surface area contributed by atoms with Crippen molar-refractivity contribution < 1.29 is 42.6 Å². The van der Waals surface area contributed by atoms with Crippen LogP contribution in [0, 0.1) is 17.8 Å². The lowest BCUT2D eigenvalue weighted by Crippen LogP contribution is -2.56. The fraction of sp³-hybridized carbons (Fsp3) is 0.667. The molecule has 3 amide bonds. The molecule has 3 N–H and O–H groups in total. The highest BCUT2D eigenvalue weighted by molar-refractivity contribution is 6.74. The molecule has 256 valence electrons. The standard InChI is InChI=1S/C33H51N3O9Si/c1-9-20(2)26-27(45-31(26)40)29(38)35-24-17-23(24)18-25(30(39)43-19-22-13-11-10-12-14-22)36-28(37)21(3)34-32(41)42-15-16-44-46(7,8)33(4,5)6/h10-14,20-21,23-27H,9,15-19H2,1-8H3,(H,34,41)(H,35,38)(H,36,37). The van der Waals surface area contributed by atoms with Crippen molar-refractivity contribution in [2.75, 3.05) is 13.2 Å². The summed E-state index contributed by atoms with van der Waals surface area (Å²) in [6.07, 6.45) is -0.0395. The van der Waals surface area contributed by atoms with Gasteiger partial charge in [0.25, 0.3) is 5.91 Å². The van der Waals surface area contributed by atoms with Crippen LogP contribution in [-0.2, 0) is 44.4 Å². The van der Waals surface area contributed by atoms with E-state index in [1.165, 1.54) is 6.92 Å². The number of hydrogen-bond donors (Lipinski definition) is 3. The summed E-state index contributed by atoms with van der Waals surface area (Å²) >= 11 is 0. The van der Waals surface area contributed by atoms with E-state index in [1.807, 2.05) is 44.2 Å². The van der Waals surface area contributed by atoms with Crippen LogP contribution in [0.2, 0.25) is 18.1 Å². The van der Waals surface area contributed by atoms with Gasteiger partial charge in [-0.25, -0.2) is 9.59 Å². The van der Waals surface area contributed by atoms with Gasteiger partial charge in [-0.1, -0.05) is 71.4 Å². The first-order valence-corrected chi connectivity index (χ1v) is 19.0. The van der Waals surface area contributed by atoms with E-state index in [1.54, 1.807) is 0 Å². The van der Waals surface area contributed by atoms with E-state index in [0.717, 1.165) is 12.0 Å². The maximum absolute atomic E-state index is 13.2. The Morgan fingerprint density at radius 1 is 1.02 bits per heavy atom. The molecule has 1 aromatic rings. The van der Waals surface area contributed by atoms with Crippen molar-refractivity contribution >= 4 is 38.2 Å². The second kappa shape index (κ2) is 15.9. The van der Waals surface area contributed by atoms with Crippen molar-refractivity contribution in [2.45, 2.75) is 110 Å². The first kappa shape index (κ1) is 37.0. The SMILES string of the molecule is CCC(C)C1C(=O)OC1C(=O)NC1CC1CC(NC(=O)C(C)NC(=O)OCCO[Si](C)(C)C(C)(C)C)C(=O)OCc1ccccc1. The first-order chi connectivity index (χ1) is 21.5. The number of hydrogen-bond acceptors (Lipinski definition) is 9. The Labute approximate surface area is 273 Å². The second-order valence-electron chi connectivity index (χ2n) is 13.9. The summed E-state index contributed by atoms with van der Waals surface area (Å²) in [6, 6.07) is 6.91. The average molecular weight is 662 g/mol. The highest BCUT2D eigenvalue weighted by Crippen LogP contribution is 2.38. The Morgan fingerprint density at radius 3 is 2.30 bits per heavy atom. The van der Waals surface area contributed by atoms with E-state index in [4.69, 9.17) is 18.6 Å². The van der Waals surface area contributed by atoms with Gasteiger partial charge in [-0.3, -0.25) is 14.4 Å². The Hall–Kier alpha value is -3.45. The zero-order valence-electron chi connectivity index (χ0n) is 28.3. The number of benzene rings is 1. The van der Waals surface area contributed by atoms with Crippen LogP contribution in [0.3, 0.4) is 0 Å². The minimum absolute atomic E-state index is 0.0224. The molecular weight excluding hydrogens is 610 g/mol. The highest BCUT2D eigenvalue weighted by atomic mass is 28.4. The Bertz CT molecular complexity index is 1240. The molecule has 1 aliphatic carbocycles. The van der Waals surface area contributed by atoms with Gasteiger partial charge in [0.15, 0.2) is 14.4 Å². The monoisotopic (exact) mass is 661 g/mol. The Morgan fingerprint density at radius 2 is 1.70 bits per heavy atom. The fourth-order valence-electron chi connectivity index (χ4n) is 4.85. The van der Waals surface area contributed by atoms with Crippen LogP contribution in [-0.4, -0.2) is 75.6 Å².